The Bertz CT molecular complexity index is 1740. The second-order valence-electron chi connectivity index (χ2n) is 17.8. The summed E-state index contributed by atoms with van der Waals surface area (Å²) in [7, 11) is 0. The highest BCUT2D eigenvalue weighted by Gasteiger charge is 2.45. The third-order valence-electron chi connectivity index (χ3n) is 10.3. The maximum absolute atomic E-state index is 10.7. The second-order valence-corrected chi connectivity index (χ2v) is 17.8. The third-order valence-corrected chi connectivity index (χ3v) is 10.3. The van der Waals surface area contributed by atoms with Crippen LogP contribution in [0.5, 0.6) is 0 Å². The Morgan fingerprint density at radius 2 is 0.656 bits per heavy atom. The van der Waals surface area contributed by atoms with Gasteiger partial charge in [-0.2, -0.15) is 0 Å². The molecule has 12 atom stereocenters. The normalized spacial score (nSPS) is 30.5. The van der Waals surface area contributed by atoms with E-state index in [4.69, 9.17) is 18.9 Å². The maximum Gasteiger partial charge on any atom is 0.187 e. The molecule has 0 bridgehead atoms. The van der Waals surface area contributed by atoms with Gasteiger partial charge in [-0.05, 0) is 83.1 Å². The Kier molecular flexibility index (Phi) is 23.7. The summed E-state index contributed by atoms with van der Waals surface area (Å²) < 4.78 is 22.8. The second kappa shape index (κ2) is 26.9. The fourth-order valence-electron chi connectivity index (χ4n) is 6.07. The zero-order chi connectivity index (χ0) is 48.4. The van der Waals surface area contributed by atoms with Crippen molar-refractivity contribution < 1.29 is 59.8 Å². The van der Waals surface area contributed by atoms with E-state index in [1.54, 1.807) is 65.8 Å². The molecular formula is C52H76O12. The molecule has 2 aliphatic rings. The van der Waals surface area contributed by atoms with Crippen LogP contribution in [0, 0.1) is 0 Å². The van der Waals surface area contributed by atoms with Gasteiger partial charge >= 0.3 is 0 Å². The number of rotatable bonds is 20. The molecule has 0 radical (unpaired) electrons. The van der Waals surface area contributed by atoms with Gasteiger partial charge in [-0.15, -0.1) is 0 Å². The number of hydrogen-bond acceptors (Lipinski definition) is 12. The number of hydrogen-bond donors (Lipinski definition) is 8. The molecule has 12 heteroatoms. The van der Waals surface area contributed by atoms with Gasteiger partial charge in [0.25, 0.3) is 0 Å². The monoisotopic (exact) mass is 893 g/mol. The molecular weight excluding hydrogens is 817 g/mol. The van der Waals surface area contributed by atoms with Crippen LogP contribution in [0.3, 0.4) is 0 Å². The molecule has 0 aromatic heterocycles. The molecule has 0 aromatic rings. The van der Waals surface area contributed by atoms with Crippen LogP contribution in [0.4, 0.5) is 0 Å². The van der Waals surface area contributed by atoms with Crippen molar-refractivity contribution in [2.45, 2.75) is 168 Å². The highest BCUT2D eigenvalue weighted by Crippen LogP contribution is 2.28. The Morgan fingerprint density at radius 1 is 0.406 bits per heavy atom. The lowest BCUT2D eigenvalue weighted by molar-refractivity contribution is -0.309. The summed E-state index contributed by atoms with van der Waals surface area (Å²) in [5, 5.41) is 82.2. The molecule has 356 valence electrons. The molecule has 2 rings (SSSR count). The fourth-order valence-corrected chi connectivity index (χ4v) is 6.07. The van der Waals surface area contributed by atoms with Gasteiger partial charge in [0.1, 0.15) is 48.8 Å². The maximum atomic E-state index is 10.7. The lowest BCUT2D eigenvalue weighted by Gasteiger charge is -2.41. The van der Waals surface area contributed by atoms with E-state index in [-0.39, 0.29) is 0 Å². The van der Waals surface area contributed by atoms with Crippen LogP contribution in [-0.4, -0.2) is 126 Å². The summed E-state index contributed by atoms with van der Waals surface area (Å²) >= 11 is 0. The largest absolute Gasteiger partial charge is 0.388 e. The molecule has 2 heterocycles. The molecule has 64 heavy (non-hydrogen) atoms. The molecule has 0 saturated carbocycles. The number of aliphatic hydroxyl groups is 8. The van der Waals surface area contributed by atoms with Crippen molar-refractivity contribution >= 4 is 0 Å². The molecule has 2 saturated heterocycles. The fraction of sp³-hybridized carbons (Fsp3) is 0.500. The Hall–Kier alpha value is -3.86. The van der Waals surface area contributed by atoms with Gasteiger partial charge in [-0.25, -0.2) is 0 Å². The molecule has 8 N–H and O–H groups in total. The van der Waals surface area contributed by atoms with Crippen molar-refractivity contribution in [2.24, 2.45) is 0 Å². The van der Waals surface area contributed by atoms with E-state index in [2.05, 4.69) is 0 Å². The van der Waals surface area contributed by atoms with E-state index in [0.717, 1.165) is 33.4 Å². The van der Waals surface area contributed by atoms with Crippen LogP contribution in [0.2, 0.25) is 0 Å². The van der Waals surface area contributed by atoms with E-state index >= 15 is 0 Å². The Labute approximate surface area is 381 Å². The predicted octanol–water partition coefficient (Wildman–Crippen LogP) is 6.52. The summed E-state index contributed by atoms with van der Waals surface area (Å²) in [5.74, 6) is 0. The van der Waals surface area contributed by atoms with E-state index in [1.807, 2.05) is 139 Å². The zero-order valence-electron chi connectivity index (χ0n) is 39.7. The van der Waals surface area contributed by atoms with Crippen LogP contribution in [0.1, 0.15) is 83.1 Å². The van der Waals surface area contributed by atoms with Gasteiger partial charge in [0.05, 0.1) is 23.4 Å². The van der Waals surface area contributed by atoms with Crippen molar-refractivity contribution in [3.63, 3.8) is 0 Å². The van der Waals surface area contributed by atoms with Crippen molar-refractivity contribution in [2.75, 3.05) is 0 Å². The summed E-state index contributed by atoms with van der Waals surface area (Å²) in [6.07, 6.45) is 24.7. The molecule has 12 nitrogen and oxygen atoms in total. The van der Waals surface area contributed by atoms with Crippen molar-refractivity contribution in [1.82, 2.24) is 0 Å². The minimum atomic E-state index is -1.47. The Morgan fingerprint density at radius 3 is 0.922 bits per heavy atom. The minimum absolute atomic E-state index is 0.754. The Balaban J connectivity index is 1.89. The van der Waals surface area contributed by atoms with Gasteiger partial charge in [0, 0.05) is 0 Å². The third kappa shape index (κ3) is 20.1. The zero-order valence-corrected chi connectivity index (χ0v) is 39.7. The molecule has 12 unspecified atom stereocenters. The van der Waals surface area contributed by atoms with Crippen molar-refractivity contribution in [3.8, 4) is 0 Å². The summed E-state index contributed by atoms with van der Waals surface area (Å²) in [5.41, 5.74) is 3.42. The lowest BCUT2D eigenvalue weighted by Crippen LogP contribution is -2.58. The average molecular weight is 893 g/mol. The van der Waals surface area contributed by atoms with Gasteiger partial charge in [0.15, 0.2) is 12.6 Å². The number of ether oxygens (including phenoxy) is 4. The average Bonchev–Trinajstić information content (AvgIpc) is 3.20. The quantitative estimate of drug-likeness (QED) is 0.0617. The van der Waals surface area contributed by atoms with Gasteiger partial charge < -0.3 is 59.8 Å². The molecule has 0 aliphatic carbocycles. The van der Waals surface area contributed by atoms with E-state index in [0.29, 0.717) is 0 Å². The smallest absolute Gasteiger partial charge is 0.187 e. The molecule has 2 fully saturated rings. The van der Waals surface area contributed by atoms with Crippen LogP contribution in [0.25, 0.3) is 0 Å². The number of aliphatic hydroxyl groups excluding tert-OH is 6. The number of allylic oxidation sites excluding steroid dienone is 24. The van der Waals surface area contributed by atoms with Gasteiger partial charge in [-0.3, -0.25) is 0 Å². The van der Waals surface area contributed by atoms with Crippen LogP contribution >= 0.6 is 0 Å². The first kappa shape index (κ1) is 56.3. The van der Waals surface area contributed by atoms with E-state index < -0.39 is 84.8 Å². The van der Waals surface area contributed by atoms with Crippen molar-refractivity contribution in [1.29, 1.82) is 0 Å². The first-order valence-electron chi connectivity index (χ1n) is 21.7. The van der Waals surface area contributed by atoms with Gasteiger partial charge in [0.2, 0.25) is 0 Å². The topological polar surface area (TPSA) is 199 Å². The van der Waals surface area contributed by atoms with Gasteiger partial charge in [-0.1, -0.05) is 155 Å². The van der Waals surface area contributed by atoms with E-state index in [9.17, 15) is 40.9 Å². The van der Waals surface area contributed by atoms with Crippen molar-refractivity contribution in [3.05, 3.63) is 155 Å². The molecule has 2 aliphatic heterocycles. The first-order chi connectivity index (χ1) is 29.8. The highest BCUT2D eigenvalue weighted by atomic mass is 16.7. The lowest BCUT2D eigenvalue weighted by atomic mass is 9.98. The van der Waals surface area contributed by atoms with E-state index in [1.165, 1.54) is 0 Å². The molecule has 0 spiro atoms. The van der Waals surface area contributed by atoms with Crippen LogP contribution < -0.4 is 0 Å². The molecule has 0 amide bonds. The summed E-state index contributed by atoms with van der Waals surface area (Å²) in [6, 6.07) is 0. The van der Waals surface area contributed by atoms with Crippen LogP contribution in [0.15, 0.2) is 155 Å². The first-order valence-corrected chi connectivity index (χ1v) is 21.7. The molecule has 0 aromatic carbocycles. The SMILES string of the molecule is CC(/C=C/C=C(C)/C=C/C=C(C)/C=C/C(OC1OC(C)C(O)C(O)C1O)C(C)(C)O)=C\C=C\C=C(C)\C=C\C=C(C)\C=C\C=C(C)\C=C\C(OC1OC(C)C(O)C(O)C1O)C(C)(C)O. The predicted molar refractivity (Wildman–Crippen MR) is 254 cm³/mol. The van der Waals surface area contributed by atoms with Crippen LogP contribution in [-0.2, 0) is 18.9 Å². The highest BCUT2D eigenvalue weighted by molar-refractivity contribution is 5.34. The summed E-state index contributed by atoms with van der Waals surface area (Å²) in [6.45, 7) is 21.3. The standard InChI is InChI=1S/C52H76O12/c1-33(21-15-23-35(3)25-17-27-37(5)29-31-41(51(9,10)59)63-49-47(57)45(55)43(53)39(7)61-49)19-13-14-20-34(2)22-16-24-36(4)26-18-28-38(6)30-32-42(52(11,12)60)64-50-48(58)46(56)44(54)40(8)62-50/h13-32,39-50,53-60H,1-12H3/b14-13+,21-15+,22-16+,25-17+,26-18+,31-29+,32-30+,33-19+,34-20+,35-23+,36-24+,37-27+,38-28+. The summed E-state index contributed by atoms with van der Waals surface area (Å²) in [4.78, 5) is 0. The minimum Gasteiger partial charge on any atom is -0.388 e.